The molecule has 4 nitrogen and oxygen atoms in total. The van der Waals surface area contributed by atoms with Crippen LogP contribution in [0.1, 0.15) is 18.6 Å². The normalized spacial score (nSPS) is 13.4. The molecule has 0 saturated carbocycles. The van der Waals surface area contributed by atoms with Crippen LogP contribution in [0.25, 0.3) is 0 Å². The van der Waals surface area contributed by atoms with Gasteiger partial charge in [-0.1, -0.05) is 12.1 Å². The fourth-order valence-corrected chi connectivity index (χ4v) is 2.29. The Balaban J connectivity index is 3.01. The summed E-state index contributed by atoms with van der Waals surface area (Å²) in [4.78, 5) is 1.51. The molecular weight excluding hydrogens is 257 g/mol. The summed E-state index contributed by atoms with van der Waals surface area (Å²) in [5.41, 5.74) is 0.696. The molecule has 0 saturated heterocycles. The monoisotopic (exact) mass is 275 g/mol. The van der Waals surface area contributed by atoms with E-state index in [4.69, 9.17) is 0 Å². The van der Waals surface area contributed by atoms with Gasteiger partial charge in [-0.2, -0.15) is 0 Å². The fourth-order valence-electron chi connectivity index (χ4n) is 1.69. The van der Waals surface area contributed by atoms with E-state index in [1.165, 1.54) is 17.0 Å². The molecule has 0 amide bonds. The number of benzene rings is 1. The minimum Gasteiger partial charge on any atom is -0.389 e. The van der Waals surface area contributed by atoms with Gasteiger partial charge in [-0.05, 0) is 13.0 Å². The molecule has 18 heavy (non-hydrogen) atoms. The first-order chi connectivity index (χ1) is 8.22. The van der Waals surface area contributed by atoms with Gasteiger partial charge in [0.1, 0.15) is 15.7 Å². The summed E-state index contributed by atoms with van der Waals surface area (Å²) < 4.78 is 36.0. The number of aliphatic hydroxyl groups excluding tert-OH is 1. The van der Waals surface area contributed by atoms with E-state index in [-0.39, 0.29) is 18.0 Å². The number of hydrogen-bond acceptors (Lipinski definition) is 4. The molecule has 1 N–H and O–H groups in total. The number of para-hydroxylation sites is 1. The van der Waals surface area contributed by atoms with E-state index >= 15 is 0 Å². The Morgan fingerprint density at radius 1 is 1.44 bits per heavy atom. The molecule has 1 aromatic carbocycles. The topological polar surface area (TPSA) is 57.6 Å². The fraction of sp³-hybridized carbons (Fsp3) is 0.500. The summed E-state index contributed by atoms with van der Waals surface area (Å²) in [5.74, 6) is -0.527. The van der Waals surface area contributed by atoms with Crippen molar-refractivity contribution in [1.29, 1.82) is 0 Å². The van der Waals surface area contributed by atoms with Crippen molar-refractivity contribution in [2.45, 2.75) is 13.0 Å². The standard InChI is InChI=1S/C12H18FNO3S/c1-9(15)10-5-4-6-11(13)12(10)14(2)7-8-18(3,16)17/h4-6,9,15H,7-8H2,1-3H3/t9-/m1/s1. The third-order valence-electron chi connectivity index (χ3n) is 2.65. The Hall–Kier alpha value is -1.14. The molecule has 0 unspecified atom stereocenters. The first kappa shape index (κ1) is 14.9. The second-order valence-corrected chi connectivity index (χ2v) is 6.66. The summed E-state index contributed by atoms with van der Waals surface area (Å²) in [5, 5.41) is 9.59. The molecule has 0 bridgehead atoms. The van der Waals surface area contributed by atoms with Gasteiger partial charge < -0.3 is 10.0 Å². The number of halogens is 1. The zero-order valence-corrected chi connectivity index (χ0v) is 11.5. The summed E-state index contributed by atoms with van der Waals surface area (Å²) in [6.07, 6.45) is 0.328. The molecule has 102 valence electrons. The molecule has 0 aliphatic rings. The van der Waals surface area contributed by atoms with Crippen LogP contribution in [0.3, 0.4) is 0 Å². The summed E-state index contributed by atoms with van der Waals surface area (Å²) >= 11 is 0. The molecule has 0 aliphatic heterocycles. The molecule has 0 fully saturated rings. The van der Waals surface area contributed by atoms with Crippen molar-refractivity contribution < 1.29 is 17.9 Å². The Labute approximate surface area is 107 Å². The number of nitrogens with zero attached hydrogens (tertiary/aromatic N) is 1. The maximum Gasteiger partial charge on any atom is 0.149 e. The van der Waals surface area contributed by atoms with Crippen LogP contribution in [-0.2, 0) is 9.84 Å². The number of sulfone groups is 1. The lowest BCUT2D eigenvalue weighted by Crippen LogP contribution is -2.27. The zero-order valence-electron chi connectivity index (χ0n) is 10.7. The van der Waals surface area contributed by atoms with Crippen molar-refractivity contribution in [3.63, 3.8) is 0 Å². The molecule has 1 aromatic rings. The largest absolute Gasteiger partial charge is 0.389 e. The Kier molecular flexibility index (Phi) is 4.70. The van der Waals surface area contributed by atoms with Gasteiger partial charge in [0.15, 0.2) is 0 Å². The minimum absolute atomic E-state index is 0.0584. The number of aliphatic hydroxyl groups is 1. The third kappa shape index (κ3) is 3.96. The van der Waals surface area contributed by atoms with E-state index in [2.05, 4.69) is 0 Å². The van der Waals surface area contributed by atoms with Crippen LogP contribution in [0.5, 0.6) is 0 Å². The Morgan fingerprint density at radius 2 is 2.06 bits per heavy atom. The highest BCUT2D eigenvalue weighted by Gasteiger charge is 2.17. The molecule has 6 heteroatoms. The van der Waals surface area contributed by atoms with Gasteiger partial charge >= 0.3 is 0 Å². The van der Waals surface area contributed by atoms with E-state index in [9.17, 15) is 17.9 Å². The van der Waals surface area contributed by atoms with Gasteiger partial charge in [0.25, 0.3) is 0 Å². The highest BCUT2D eigenvalue weighted by Crippen LogP contribution is 2.28. The maximum atomic E-state index is 13.8. The molecule has 1 rings (SSSR count). The van der Waals surface area contributed by atoms with Gasteiger partial charge in [0, 0.05) is 25.4 Å². The lowest BCUT2D eigenvalue weighted by molar-refractivity contribution is 0.199. The van der Waals surface area contributed by atoms with Crippen molar-refractivity contribution in [1.82, 2.24) is 0 Å². The maximum absolute atomic E-state index is 13.8. The number of rotatable bonds is 5. The van der Waals surface area contributed by atoms with Crippen LogP contribution in [0, 0.1) is 5.82 Å². The highest BCUT2D eigenvalue weighted by atomic mass is 32.2. The average Bonchev–Trinajstić information content (AvgIpc) is 2.24. The van der Waals surface area contributed by atoms with Crippen LogP contribution in [0.4, 0.5) is 10.1 Å². The van der Waals surface area contributed by atoms with E-state index in [0.717, 1.165) is 6.26 Å². The second-order valence-electron chi connectivity index (χ2n) is 4.41. The van der Waals surface area contributed by atoms with Crippen molar-refractivity contribution in [3.05, 3.63) is 29.6 Å². The predicted molar refractivity (Wildman–Crippen MR) is 70.0 cm³/mol. The van der Waals surface area contributed by atoms with Gasteiger partial charge in [0.2, 0.25) is 0 Å². The van der Waals surface area contributed by atoms with Crippen molar-refractivity contribution in [2.24, 2.45) is 0 Å². The molecule has 0 radical (unpaired) electrons. The lowest BCUT2D eigenvalue weighted by atomic mass is 10.1. The van der Waals surface area contributed by atoms with Crippen LogP contribution in [0.2, 0.25) is 0 Å². The number of anilines is 1. The SMILES string of the molecule is C[C@@H](O)c1cccc(F)c1N(C)CCS(C)(=O)=O. The number of hydrogen-bond donors (Lipinski definition) is 1. The van der Waals surface area contributed by atoms with Crippen molar-refractivity contribution in [3.8, 4) is 0 Å². The molecule has 0 aromatic heterocycles. The summed E-state index contributed by atoms with van der Waals surface area (Å²) in [7, 11) is -1.49. The molecule has 0 aliphatic carbocycles. The molecule has 0 heterocycles. The average molecular weight is 275 g/mol. The lowest BCUT2D eigenvalue weighted by Gasteiger charge is -2.23. The smallest absolute Gasteiger partial charge is 0.149 e. The zero-order chi connectivity index (χ0) is 13.9. The first-order valence-corrected chi connectivity index (χ1v) is 7.64. The molecule has 1 atom stereocenters. The van der Waals surface area contributed by atoms with Gasteiger partial charge in [-0.25, -0.2) is 12.8 Å². The summed E-state index contributed by atoms with van der Waals surface area (Å²) in [6, 6.07) is 4.43. The van der Waals surface area contributed by atoms with Gasteiger partial charge in [-0.3, -0.25) is 0 Å². The first-order valence-electron chi connectivity index (χ1n) is 5.57. The predicted octanol–water partition coefficient (Wildman–Crippen LogP) is 1.36. The molecular formula is C12H18FNO3S. The van der Waals surface area contributed by atoms with Gasteiger partial charge in [-0.15, -0.1) is 0 Å². The Morgan fingerprint density at radius 3 is 2.56 bits per heavy atom. The van der Waals surface area contributed by atoms with Crippen molar-refractivity contribution >= 4 is 15.5 Å². The van der Waals surface area contributed by atoms with E-state index in [0.29, 0.717) is 5.56 Å². The van der Waals surface area contributed by atoms with Gasteiger partial charge in [0.05, 0.1) is 17.5 Å². The third-order valence-corrected chi connectivity index (χ3v) is 3.57. The molecule has 0 spiro atoms. The van der Waals surface area contributed by atoms with Crippen molar-refractivity contribution in [2.75, 3.05) is 30.5 Å². The van der Waals surface area contributed by atoms with E-state index in [1.807, 2.05) is 0 Å². The van der Waals surface area contributed by atoms with E-state index in [1.54, 1.807) is 20.0 Å². The summed E-state index contributed by atoms with van der Waals surface area (Å²) in [6.45, 7) is 1.72. The van der Waals surface area contributed by atoms with Crippen LogP contribution >= 0.6 is 0 Å². The Bertz CT molecular complexity index is 514. The van der Waals surface area contributed by atoms with Crippen LogP contribution in [-0.4, -0.2) is 39.1 Å². The van der Waals surface area contributed by atoms with Crippen LogP contribution < -0.4 is 4.90 Å². The van der Waals surface area contributed by atoms with E-state index < -0.39 is 21.8 Å². The van der Waals surface area contributed by atoms with Crippen LogP contribution in [0.15, 0.2) is 18.2 Å². The minimum atomic E-state index is -3.10. The highest BCUT2D eigenvalue weighted by molar-refractivity contribution is 7.90. The quantitative estimate of drug-likeness (QED) is 0.881. The second kappa shape index (κ2) is 5.67.